The van der Waals surface area contributed by atoms with Crippen LogP contribution in [-0.2, 0) is 14.3 Å². The molecule has 7 heteroatoms. The van der Waals surface area contributed by atoms with Gasteiger partial charge < -0.3 is 19.7 Å². The van der Waals surface area contributed by atoms with E-state index in [1.54, 1.807) is 4.90 Å². The van der Waals surface area contributed by atoms with E-state index in [0.717, 1.165) is 41.8 Å². The number of carbonyl (C=O) groups excluding carboxylic acids is 2. The molecule has 0 saturated carbocycles. The number of halogens is 1. The lowest BCUT2D eigenvalue weighted by Crippen LogP contribution is -2.49. The molecule has 2 amide bonds. The lowest BCUT2D eigenvalue weighted by atomic mass is 10.0. The van der Waals surface area contributed by atoms with Gasteiger partial charge in [0.15, 0.2) is 6.61 Å². The minimum Gasteiger partial charge on any atom is -0.484 e. The van der Waals surface area contributed by atoms with E-state index in [4.69, 9.17) is 21.1 Å². The van der Waals surface area contributed by atoms with Gasteiger partial charge in [0.05, 0.1) is 0 Å². The molecule has 1 N–H and O–H groups in total. The average molecular weight is 395 g/mol. The first kappa shape index (κ1) is 20.0. The van der Waals surface area contributed by atoms with Crippen molar-refractivity contribution in [3.05, 3.63) is 28.3 Å². The summed E-state index contributed by atoms with van der Waals surface area (Å²) in [5.41, 5.74) is 1.86. The maximum absolute atomic E-state index is 12.4. The summed E-state index contributed by atoms with van der Waals surface area (Å²) >= 11 is 6.16. The molecule has 6 nitrogen and oxygen atoms in total. The van der Waals surface area contributed by atoms with Crippen molar-refractivity contribution < 1.29 is 19.1 Å². The third-order valence-corrected chi connectivity index (χ3v) is 5.78. The number of carbonyl (C=O) groups is 2. The van der Waals surface area contributed by atoms with E-state index >= 15 is 0 Å². The van der Waals surface area contributed by atoms with E-state index in [1.165, 1.54) is 0 Å². The Bertz CT molecular complexity index is 672. The van der Waals surface area contributed by atoms with Crippen LogP contribution in [-0.4, -0.2) is 55.2 Å². The fourth-order valence-corrected chi connectivity index (χ4v) is 3.69. The molecule has 3 rings (SSSR count). The minimum absolute atomic E-state index is 0.00739. The summed E-state index contributed by atoms with van der Waals surface area (Å²) in [6.45, 7) is 5.75. The van der Waals surface area contributed by atoms with E-state index in [0.29, 0.717) is 25.4 Å². The van der Waals surface area contributed by atoms with Crippen molar-refractivity contribution in [1.82, 2.24) is 10.2 Å². The molecule has 1 unspecified atom stereocenters. The highest BCUT2D eigenvalue weighted by molar-refractivity contribution is 6.32. The van der Waals surface area contributed by atoms with Crippen LogP contribution in [0.2, 0.25) is 5.02 Å². The second-order valence-electron chi connectivity index (χ2n) is 7.33. The Hall–Kier alpha value is -1.79. The van der Waals surface area contributed by atoms with Gasteiger partial charge >= 0.3 is 0 Å². The number of ether oxygens (including phenoxy) is 2. The molecule has 2 heterocycles. The summed E-state index contributed by atoms with van der Waals surface area (Å²) in [5, 5.41) is 3.77. The Morgan fingerprint density at radius 3 is 2.48 bits per heavy atom. The number of likely N-dealkylation sites (tertiary alicyclic amines) is 1. The predicted octanol–water partition coefficient (Wildman–Crippen LogP) is 2.62. The van der Waals surface area contributed by atoms with Gasteiger partial charge in [0.2, 0.25) is 5.91 Å². The molecule has 148 valence electrons. The maximum atomic E-state index is 12.4. The molecule has 2 aliphatic rings. The minimum atomic E-state index is -0.302. The number of hydrogen-bond donors (Lipinski definition) is 1. The number of hydrogen-bond acceptors (Lipinski definition) is 4. The summed E-state index contributed by atoms with van der Waals surface area (Å²) in [6.07, 6.45) is 2.94. The Labute approximate surface area is 165 Å². The van der Waals surface area contributed by atoms with Gasteiger partial charge in [-0.3, -0.25) is 9.59 Å². The molecule has 1 aromatic carbocycles. The fraction of sp³-hybridized carbons (Fsp3) is 0.600. The van der Waals surface area contributed by atoms with Crippen LogP contribution in [0.1, 0.15) is 36.8 Å². The van der Waals surface area contributed by atoms with Crippen LogP contribution in [0.15, 0.2) is 12.1 Å². The normalized spacial score (nSPS) is 20.6. The van der Waals surface area contributed by atoms with Gasteiger partial charge in [-0.2, -0.15) is 0 Å². The van der Waals surface area contributed by atoms with Crippen LogP contribution < -0.4 is 10.1 Å². The van der Waals surface area contributed by atoms with Gasteiger partial charge in [-0.25, -0.2) is 0 Å². The SMILES string of the molecule is Cc1cc(OCC(=O)N2CCC(NC(=O)C3CCCO3)CC2)cc(C)c1Cl. The van der Waals surface area contributed by atoms with E-state index in [-0.39, 0.29) is 30.6 Å². The third kappa shape index (κ3) is 5.14. The Kier molecular flexibility index (Phi) is 6.60. The third-order valence-electron chi connectivity index (χ3n) is 5.19. The first-order chi connectivity index (χ1) is 12.9. The van der Waals surface area contributed by atoms with Crippen molar-refractivity contribution in [3.8, 4) is 5.75 Å². The van der Waals surface area contributed by atoms with Gasteiger partial charge in [-0.05, 0) is 62.8 Å². The monoisotopic (exact) mass is 394 g/mol. The largest absolute Gasteiger partial charge is 0.484 e. The molecule has 2 aliphatic heterocycles. The second kappa shape index (κ2) is 8.93. The number of amides is 2. The summed E-state index contributed by atoms with van der Waals surface area (Å²) in [6, 6.07) is 3.79. The highest BCUT2D eigenvalue weighted by Gasteiger charge is 2.28. The number of benzene rings is 1. The van der Waals surface area contributed by atoms with E-state index < -0.39 is 0 Å². The van der Waals surface area contributed by atoms with E-state index in [1.807, 2.05) is 26.0 Å². The number of piperidine rings is 1. The number of rotatable bonds is 5. The molecule has 27 heavy (non-hydrogen) atoms. The molecule has 0 bridgehead atoms. The zero-order chi connectivity index (χ0) is 19.4. The van der Waals surface area contributed by atoms with Crippen molar-refractivity contribution in [2.24, 2.45) is 0 Å². The standard InChI is InChI=1S/C20H27ClN2O4/c1-13-10-16(11-14(2)19(13)21)27-12-18(24)23-7-5-15(6-8-23)22-20(25)17-4-3-9-26-17/h10-11,15,17H,3-9,12H2,1-2H3,(H,22,25). The maximum Gasteiger partial charge on any atom is 0.260 e. The first-order valence-corrected chi connectivity index (χ1v) is 9.91. The molecular formula is C20H27ClN2O4. The van der Waals surface area contributed by atoms with Crippen LogP contribution in [0, 0.1) is 13.8 Å². The molecule has 0 radical (unpaired) electrons. The van der Waals surface area contributed by atoms with Crippen molar-refractivity contribution in [1.29, 1.82) is 0 Å². The molecule has 0 spiro atoms. The van der Waals surface area contributed by atoms with Crippen molar-refractivity contribution in [3.63, 3.8) is 0 Å². The number of nitrogens with one attached hydrogen (secondary N) is 1. The van der Waals surface area contributed by atoms with Gasteiger partial charge in [0, 0.05) is 30.8 Å². The molecule has 0 aromatic heterocycles. The van der Waals surface area contributed by atoms with Crippen LogP contribution >= 0.6 is 11.6 Å². The summed E-state index contributed by atoms with van der Waals surface area (Å²) < 4.78 is 11.1. The predicted molar refractivity (Wildman–Crippen MR) is 103 cm³/mol. The quantitative estimate of drug-likeness (QED) is 0.833. The Morgan fingerprint density at radius 1 is 1.22 bits per heavy atom. The molecule has 1 atom stereocenters. The van der Waals surface area contributed by atoms with Crippen LogP contribution in [0.3, 0.4) is 0 Å². The summed E-state index contributed by atoms with van der Waals surface area (Å²) in [4.78, 5) is 26.3. The number of nitrogens with zero attached hydrogens (tertiary/aromatic N) is 1. The summed E-state index contributed by atoms with van der Waals surface area (Å²) in [5.74, 6) is 0.597. The van der Waals surface area contributed by atoms with Gasteiger partial charge in [0.25, 0.3) is 5.91 Å². The first-order valence-electron chi connectivity index (χ1n) is 9.53. The van der Waals surface area contributed by atoms with Crippen molar-refractivity contribution in [2.75, 3.05) is 26.3 Å². The zero-order valence-electron chi connectivity index (χ0n) is 15.9. The smallest absolute Gasteiger partial charge is 0.260 e. The van der Waals surface area contributed by atoms with Gasteiger partial charge in [-0.15, -0.1) is 0 Å². The molecular weight excluding hydrogens is 368 g/mol. The van der Waals surface area contributed by atoms with Gasteiger partial charge in [0.1, 0.15) is 11.9 Å². The van der Waals surface area contributed by atoms with E-state index in [2.05, 4.69) is 5.32 Å². The molecule has 2 fully saturated rings. The lowest BCUT2D eigenvalue weighted by Gasteiger charge is -2.32. The van der Waals surface area contributed by atoms with Gasteiger partial charge in [-0.1, -0.05) is 11.6 Å². The fourth-order valence-electron chi connectivity index (χ4n) is 3.58. The average Bonchev–Trinajstić information content (AvgIpc) is 3.19. The lowest BCUT2D eigenvalue weighted by molar-refractivity contribution is -0.135. The summed E-state index contributed by atoms with van der Waals surface area (Å²) in [7, 11) is 0. The molecule has 0 aliphatic carbocycles. The topological polar surface area (TPSA) is 67.9 Å². The van der Waals surface area contributed by atoms with E-state index in [9.17, 15) is 9.59 Å². The van der Waals surface area contributed by atoms with Crippen LogP contribution in [0.5, 0.6) is 5.75 Å². The second-order valence-corrected chi connectivity index (χ2v) is 7.70. The molecule has 2 saturated heterocycles. The zero-order valence-corrected chi connectivity index (χ0v) is 16.7. The molecule has 1 aromatic rings. The Balaban J connectivity index is 1.42. The van der Waals surface area contributed by atoms with Crippen LogP contribution in [0.25, 0.3) is 0 Å². The highest BCUT2D eigenvalue weighted by Crippen LogP contribution is 2.26. The number of aryl methyl sites for hydroxylation is 2. The van der Waals surface area contributed by atoms with Crippen molar-refractivity contribution in [2.45, 2.75) is 51.7 Å². The van der Waals surface area contributed by atoms with Crippen molar-refractivity contribution >= 4 is 23.4 Å². The highest BCUT2D eigenvalue weighted by atomic mass is 35.5. The van der Waals surface area contributed by atoms with Crippen LogP contribution in [0.4, 0.5) is 0 Å². The Morgan fingerprint density at radius 2 is 1.89 bits per heavy atom.